The van der Waals surface area contributed by atoms with Crippen LogP contribution in [0.3, 0.4) is 0 Å². The fraction of sp³-hybridized carbons (Fsp3) is 0.111. The highest BCUT2D eigenvalue weighted by Gasteiger charge is 2.17. The van der Waals surface area contributed by atoms with Gasteiger partial charge in [-0.25, -0.2) is 0 Å². The van der Waals surface area contributed by atoms with Crippen LogP contribution in [0.1, 0.15) is 21.5 Å². The molecule has 0 saturated heterocycles. The second-order valence-corrected chi connectivity index (χ2v) is 7.18. The van der Waals surface area contributed by atoms with E-state index in [4.69, 9.17) is 11.6 Å². The summed E-state index contributed by atoms with van der Waals surface area (Å²) in [6, 6.07) is 18.7. The van der Waals surface area contributed by atoms with Gasteiger partial charge in [-0.05, 0) is 46.5 Å². The van der Waals surface area contributed by atoms with Gasteiger partial charge in [0.05, 0.1) is 4.83 Å². The smallest absolute Gasteiger partial charge is 0.0653 e. The fourth-order valence-corrected chi connectivity index (χ4v) is 4.13. The zero-order chi connectivity index (χ0) is 15.0. The summed E-state index contributed by atoms with van der Waals surface area (Å²) < 4.78 is 1.12. The summed E-state index contributed by atoms with van der Waals surface area (Å²) in [5, 5.41) is 3.27. The average molecular weight is 425 g/mol. The molecule has 0 bridgehead atoms. The van der Waals surface area contributed by atoms with E-state index in [9.17, 15) is 0 Å². The van der Waals surface area contributed by atoms with Crippen molar-refractivity contribution in [1.29, 1.82) is 0 Å². The van der Waals surface area contributed by atoms with E-state index in [1.54, 1.807) is 0 Å². The van der Waals surface area contributed by atoms with Crippen LogP contribution in [-0.4, -0.2) is 0 Å². The molecule has 0 aliphatic carbocycles. The summed E-state index contributed by atoms with van der Waals surface area (Å²) in [6.45, 7) is 2.06. The predicted octanol–water partition coefficient (Wildman–Crippen LogP) is 7.05. The number of fused-ring (bicyclic) bond motifs is 1. The first-order valence-corrected chi connectivity index (χ1v) is 8.74. The van der Waals surface area contributed by atoms with E-state index >= 15 is 0 Å². The number of alkyl halides is 1. The van der Waals surface area contributed by atoms with Gasteiger partial charge in [-0.1, -0.05) is 85.9 Å². The Morgan fingerprint density at radius 1 is 0.857 bits per heavy atom. The average Bonchev–Trinajstić information content (AvgIpc) is 2.50. The van der Waals surface area contributed by atoms with Gasteiger partial charge >= 0.3 is 0 Å². The predicted molar refractivity (Wildman–Crippen MR) is 98.6 cm³/mol. The number of rotatable bonds is 2. The van der Waals surface area contributed by atoms with Crippen LogP contribution in [0.25, 0.3) is 10.8 Å². The lowest BCUT2D eigenvalue weighted by molar-refractivity contribution is 1.16. The van der Waals surface area contributed by atoms with Crippen molar-refractivity contribution in [2.45, 2.75) is 11.8 Å². The number of benzene rings is 3. The molecule has 0 fully saturated rings. The van der Waals surface area contributed by atoms with Crippen LogP contribution in [0.5, 0.6) is 0 Å². The van der Waals surface area contributed by atoms with E-state index in [1.165, 1.54) is 21.9 Å². The molecule has 1 unspecified atom stereocenters. The molecule has 3 aromatic carbocycles. The van der Waals surface area contributed by atoms with Crippen LogP contribution < -0.4 is 0 Å². The summed E-state index contributed by atoms with van der Waals surface area (Å²) in [7, 11) is 0. The standard InChI is InChI=1S/C18H13Br2Cl/c1-11-12(7-4-8-17(11)21)18(20)15-9-10-16(19)14-6-3-2-5-13(14)15/h2-10,18H,1H3. The molecule has 106 valence electrons. The van der Waals surface area contributed by atoms with Crippen molar-refractivity contribution in [3.05, 3.63) is 80.8 Å². The zero-order valence-corrected chi connectivity index (χ0v) is 15.3. The van der Waals surface area contributed by atoms with Gasteiger partial charge in [0.25, 0.3) is 0 Å². The number of hydrogen-bond donors (Lipinski definition) is 0. The van der Waals surface area contributed by atoms with Gasteiger partial charge in [-0.3, -0.25) is 0 Å². The molecule has 0 spiro atoms. The van der Waals surface area contributed by atoms with Gasteiger partial charge < -0.3 is 0 Å². The normalized spacial score (nSPS) is 12.6. The van der Waals surface area contributed by atoms with Crippen LogP contribution in [0.2, 0.25) is 5.02 Å². The summed E-state index contributed by atoms with van der Waals surface area (Å²) in [5.41, 5.74) is 3.57. The third kappa shape index (κ3) is 2.77. The first-order valence-electron chi connectivity index (χ1n) is 6.66. The molecule has 0 amide bonds. The Morgan fingerprint density at radius 3 is 2.33 bits per heavy atom. The van der Waals surface area contributed by atoms with Crippen molar-refractivity contribution >= 4 is 54.2 Å². The van der Waals surface area contributed by atoms with E-state index < -0.39 is 0 Å². The lowest BCUT2D eigenvalue weighted by atomic mass is 9.96. The third-order valence-corrected chi connectivity index (χ3v) is 5.85. The van der Waals surface area contributed by atoms with Crippen molar-refractivity contribution < 1.29 is 0 Å². The van der Waals surface area contributed by atoms with E-state index in [0.717, 1.165) is 15.1 Å². The van der Waals surface area contributed by atoms with E-state index in [0.29, 0.717) is 0 Å². The molecular weight excluding hydrogens is 411 g/mol. The maximum atomic E-state index is 6.26. The molecule has 1 atom stereocenters. The second-order valence-electron chi connectivity index (χ2n) is 5.00. The lowest BCUT2D eigenvalue weighted by Gasteiger charge is -2.17. The highest BCUT2D eigenvalue weighted by molar-refractivity contribution is 9.10. The molecule has 21 heavy (non-hydrogen) atoms. The minimum atomic E-state index is 0.120. The van der Waals surface area contributed by atoms with Gasteiger partial charge in [0.15, 0.2) is 0 Å². The summed E-state index contributed by atoms with van der Waals surface area (Å²) >= 11 is 13.7. The lowest BCUT2D eigenvalue weighted by Crippen LogP contribution is -1.97. The van der Waals surface area contributed by atoms with Crippen LogP contribution >= 0.6 is 43.5 Å². The van der Waals surface area contributed by atoms with Crippen molar-refractivity contribution in [2.24, 2.45) is 0 Å². The highest BCUT2D eigenvalue weighted by Crippen LogP contribution is 2.39. The maximum Gasteiger partial charge on any atom is 0.0653 e. The van der Waals surface area contributed by atoms with Gasteiger partial charge in [-0.15, -0.1) is 0 Å². The topological polar surface area (TPSA) is 0 Å². The molecule has 0 radical (unpaired) electrons. The molecule has 0 saturated carbocycles. The molecule has 3 heteroatoms. The first-order chi connectivity index (χ1) is 10.1. The molecule has 3 rings (SSSR count). The minimum Gasteiger partial charge on any atom is -0.0840 e. The molecule has 0 heterocycles. The van der Waals surface area contributed by atoms with Gasteiger partial charge in [0.1, 0.15) is 0 Å². The second kappa shape index (κ2) is 6.12. The Balaban J connectivity index is 2.21. The summed E-state index contributed by atoms with van der Waals surface area (Å²) in [6.07, 6.45) is 0. The van der Waals surface area contributed by atoms with Crippen molar-refractivity contribution in [3.63, 3.8) is 0 Å². The summed E-state index contributed by atoms with van der Waals surface area (Å²) in [4.78, 5) is 0.120. The molecule has 0 aromatic heterocycles. The molecule has 0 aliphatic heterocycles. The Labute approximate surface area is 146 Å². The van der Waals surface area contributed by atoms with Crippen LogP contribution in [0.15, 0.2) is 59.1 Å². The van der Waals surface area contributed by atoms with Crippen molar-refractivity contribution in [1.82, 2.24) is 0 Å². The van der Waals surface area contributed by atoms with Crippen LogP contribution in [0, 0.1) is 6.92 Å². The maximum absolute atomic E-state index is 6.26. The number of hydrogen-bond acceptors (Lipinski definition) is 0. The number of halogens is 3. The Bertz CT molecular complexity index is 811. The SMILES string of the molecule is Cc1c(Cl)cccc1C(Br)c1ccc(Br)c2ccccc12. The van der Waals surface area contributed by atoms with Crippen molar-refractivity contribution in [2.75, 3.05) is 0 Å². The summed E-state index contributed by atoms with van der Waals surface area (Å²) in [5.74, 6) is 0. The quantitative estimate of drug-likeness (QED) is 0.387. The third-order valence-electron chi connectivity index (χ3n) is 3.76. The molecule has 0 N–H and O–H groups in total. The van der Waals surface area contributed by atoms with Crippen LogP contribution in [0.4, 0.5) is 0 Å². The van der Waals surface area contributed by atoms with E-state index in [2.05, 4.69) is 81.2 Å². The van der Waals surface area contributed by atoms with Gasteiger partial charge in [0, 0.05) is 9.50 Å². The Hall–Kier alpha value is -0.830. The largest absolute Gasteiger partial charge is 0.0840 e. The van der Waals surface area contributed by atoms with Gasteiger partial charge in [0.2, 0.25) is 0 Å². The molecular formula is C18H13Br2Cl. The van der Waals surface area contributed by atoms with E-state index in [1.807, 2.05) is 12.1 Å². The van der Waals surface area contributed by atoms with E-state index in [-0.39, 0.29) is 4.83 Å². The van der Waals surface area contributed by atoms with Crippen molar-refractivity contribution in [3.8, 4) is 0 Å². The fourth-order valence-electron chi connectivity index (χ4n) is 2.57. The van der Waals surface area contributed by atoms with Gasteiger partial charge in [-0.2, -0.15) is 0 Å². The monoisotopic (exact) mass is 422 g/mol. The van der Waals surface area contributed by atoms with Crippen LogP contribution in [-0.2, 0) is 0 Å². The highest BCUT2D eigenvalue weighted by atomic mass is 79.9. The first kappa shape index (κ1) is 15.1. The molecule has 3 aromatic rings. The molecule has 0 aliphatic rings. The minimum absolute atomic E-state index is 0.120. The Kier molecular flexibility index (Phi) is 4.39. The zero-order valence-electron chi connectivity index (χ0n) is 11.4. The molecule has 0 nitrogen and oxygen atoms in total. The Morgan fingerprint density at radius 2 is 1.57 bits per heavy atom.